The van der Waals surface area contributed by atoms with Crippen molar-refractivity contribution in [1.82, 2.24) is 4.90 Å². The lowest BCUT2D eigenvalue weighted by Crippen LogP contribution is -2.40. The maximum atomic E-state index is 12.1. The van der Waals surface area contributed by atoms with Crippen molar-refractivity contribution in [3.63, 3.8) is 0 Å². The summed E-state index contributed by atoms with van der Waals surface area (Å²) in [5.74, 6) is -0.369. The van der Waals surface area contributed by atoms with Crippen molar-refractivity contribution >= 4 is 23.3 Å². The minimum absolute atomic E-state index is 0.240. The molecule has 0 spiro atoms. The lowest BCUT2D eigenvalue weighted by atomic mass is 9.89. The van der Waals surface area contributed by atoms with Crippen LogP contribution in [-0.2, 0) is 4.79 Å². The quantitative estimate of drug-likeness (QED) is 0.693. The van der Waals surface area contributed by atoms with Crippen LogP contribution in [0.2, 0.25) is 0 Å². The van der Waals surface area contributed by atoms with Gasteiger partial charge in [-0.2, -0.15) is 0 Å². The Labute approximate surface area is 111 Å². The Morgan fingerprint density at radius 2 is 2.16 bits per heavy atom. The number of rotatable bonds is 2. The van der Waals surface area contributed by atoms with E-state index in [2.05, 4.69) is 5.32 Å². The molecule has 1 aliphatic rings. The van der Waals surface area contributed by atoms with E-state index in [1.54, 1.807) is 36.1 Å². The van der Waals surface area contributed by atoms with Gasteiger partial charge in [0.25, 0.3) is 0 Å². The van der Waals surface area contributed by atoms with Gasteiger partial charge in [-0.1, -0.05) is 6.07 Å². The van der Waals surface area contributed by atoms with Crippen LogP contribution in [0, 0.1) is 5.41 Å². The molecule has 0 radical (unpaired) electrons. The lowest BCUT2D eigenvalue weighted by Gasteiger charge is -2.21. The third-order valence-electron chi connectivity index (χ3n) is 3.49. The zero-order chi connectivity index (χ0) is 14.0. The summed E-state index contributed by atoms with van der Waals surface area (Å²) in [7, 11) is 0. The van der Waals surface area contributed by atoms with Crippen molar-refractivity contribution < 1.29 is 9.59 Å². The number of carbonyl (C=O) groups is 2. The van der Waals surface area contributed by atoms with E-state index in [1.807, 2.05) is 0 Å². The Kier molecular flexibility index (Phi) is 3.33. The Morgan fingerprint density at radius 3 is 2.74 bits per heavy atom. The van der Waals surface area contributed by atoms with Crippen LogP contribution in [0.1, 0.15) is 13.3 Å². The number of likely N-dealkylation sites (tertiary alicyclic amines) is 1. The van der Waals surface area contributed by atoms with Gasteiger partial charge in [-0.15, -0.1) is 0 Å². The SMILES string of the molecule is CC1(C(N)=O)CCN(C(=O)Nc2cccc(N)c2)C1. The number of carbonyl (C=O) groups excluding carboxylic acids is 2. The highest BCUT2D eigenvalue weighted by Crippen LogP contribution is 2.29. The molecule has 1 heterocycles. The second-order valence-electron chi connectivity index (χ2n) is 5.15. The zero-order valence-electron chi connectivity index (χ0n) is 10.8. The summed E-state index contributed by atoms with van der Waals surface area (Å²) in [6.45, 7) is 2.65. The van der Waals surface area contributed by atoms with Crippen LogP contribution in [0.15, 0.2) is 24.3 Å². The molecule has 2 rings (SSSR count). The van der Waals surface area contributed by atoms with Crippen molar-refractivity contribution in [3.05, 3.63) is 24.3 Å². The summed E-state index contributed by atoms with van der Waals surface area (Å²) in [5.41, 5.74) is 11.6. The monoisotopic (exact) mass is 262 g/mol. The molecule has 0 aliphatic carbocycles. The molecule has 19 heavy (non-hydrogen) atoms. The highest BCUT2D eigenvalue weighted by atomic mass is 16.2. The van der Waals surface area contributed by atoms with Crippen molar-refractivity contribution in [2.24, 2.45) is 11.1 Å². The van der Waals surface area contributed by atoms with Crippen LogP contribution in [0.4, 0.5) is 16.2 Å². The Morgan fingerprint density at radius 1 is 1.42 bits per heavy atom. The van der Waals surface area contributed by atoms with Crippen LogP contribution >= 0.6 is 0 Å². The molecule has 1 aliphatic heterocycles. The number of primary amides is 1. The van der Waals surface area contributed by atoms with Gasteiger partial charge in [-0.25, -0.2) is 4.79 Å². The minimum atomic E-state index is -0.632. The summed E-state index contributed by atoms with van der Waals surface area (Å²) in [6, 6.07) is 6.72. The van der Waals surface area contributed by atoms with E-state index < -0.39 is 5.41 Å². The molecule has 1 saturated heterocycles. The predicted octanol–water partition coefficient (Wildman–Crippen LogP) is 0.998. The van der Waals surface area contributed by atoms with Gasteiger partial charge in [0.15, 0.2) is 0 Å². The number of nitrogen functional groups attached to an aromatic ring is 1. The maximum Gasteiger partial charge on any atom is 0.321 e. The van der Waals surface area contributed by atoms with Crippen LogP contribution in [0.3, 0.4) is 0 Å². The molecule has 0 aromatic heterocycles. The second kappa shape index (κ2) is 4.79. The number of nitrogens with one attached hydrogen (secondary N) is 1. The number of benzene rings is 1. The van der Waals surface area contributed by atoms with Crippen LogP contribution in [-0.4, -0.2) is 29.9 Å². The number of amides is 3. The molecule has 6 nitrogen and oxygen atoms in total. The first-order chi connectivity index (χ1) is 8.90. The van der Waals surface area contributed by atoms with E-state index in [0.717, 1.165) is 0 Å². The lowest BCUT2D eigenvalue weighted by molar-refractivity contribution is -0.126. The summed E-state index contributed by atoms with van der Waals surface area (Å²) >= 11 is 0. The first-order valence-corrected chi connectivity index (χ1v) is 6.12. The molecule has 5 N–H and O–H groups in total. The zero-order valence-corrected chi connectivity index (χ0v) is 10.8. The first-order valence-electron chi connectivity index (χ1n) is 6.12. The molecular formula is C13H18N4O2. The number of anilines is 2. The third-order valence-corrected chi connectivity index (χ3v) is 3.49. The fourth-order valence-corrected chi connectivity index (χ4v) is 2.15. The van der Waals surface area contributed by atoms with Crippen molar-refractivity contribution in [2.75, 3.05) is 24.1 Å². The van der Waals surface area contributed by atoms with Gasteiger partial charge in [-0.3, -0.25) is 4.79 Å². The number of hydrogen-bond donors (Lipinski definition) is 3. The standard InChI is InChI=1S/C13H18N4O2/c1-13(11(15)18)5-6-17(8-13)12(19)16-10-4-2-3-9(14)7-10/h2-4,7H,5-6,8,14H2,1H3,(H2,15,18)(H,16,19). The van der Waals surface area contributed by atoms with Gasteiger partial charge in [0.1, 0.15) is 0 Å². The van der Waals surface area contributed by atoms with Gasteiger partial charge in [-0.05, 0) is 31.5 Å². The van der Waals surface area contributed by atoms with Gasteiger partial charge in [0.05, 0.1) is 5.41 Å². The van der Waals surface area contributed by atoms with E-state index in [1.165, 1.54) is 0 Å². The maximum absolute atomic E-state index is 12.1. The highest BCUT2D eigenvalue weighted by molar-refractivity contribution is 5.91. The molecule has 6 heteroatoms. The largest absolute Gasteiger partial charge is 0.399 e. The summed E-state index contributed by atoms with van der Waals surface area (Å²) in [4.78, 5) is 25.0. The number of hydrogen-bond acceptors (Lipinski definition) is 3. The molecule has 102 valence electrons. The van der Waals surface area contributed by atoms with Crippen molar-refractivity contribution in [1.29, 1.82) is 0 Å². The van der Waals surface area contributed by atoms with Crippen molar-refractivity contribution in [3.8, 4) is 0 Å². The van der Waals surface area contributed by atoms with E-state index in [0.29, 0.717) is 30.9 Å². The van der Waals surface area contributed by atoms with Crippen LogP contribution in [0.25, 0.3) is 0 Å². The molecule has 0 bridgehead atoms. The normalized spacial score (nSPS) is 22.3. The molecule has 1 fully saturated rings. The van der Waals surface area contributed by atoms with Gasteiger partial charge in [0, 0.05) is 24.5 Å². The Balaban J connectivity index is 2.01. The van der Waals surface area contributed by atoms with E-state index in [-0.39, 0.29) is 11.9 Å². The average molecular weight is 262 g/mol. The fraction of sp³-hybridized carbons (Fsp3) is 0.385. The fourth-order valence-electron chi connectivity index (χ4n) is 2.15. The molecule has 3 amide bonds. The Hall–Kier alpha value is -2.24. The Bertz CT molecular complexity index is 517. The molecule has 1 aromatic carbocycles. The molecule has 1 unspecified atom stereocenters. The number of nitrogens with two attached hydrogens (primary N) is 2. The van der Waals surface area contributed by atoms with Gasteiger partial charge < -0.3 is 21.7 Å². The topological polar surface area (TPSA) is 101 Å². The molecule has 1 aromatic rings. The van der Waals surface area contributed by atoms with Crippen molar-refractivity contribution in [2.45, 2.75) is 13.3 Å². The molecule has 0 saturated carbocycles. The molecule has 1 atom stereocenters. The van der Waals surface area contributed by atoms with Gasteiger partial charge in [0.2, 0.25) is 5.91 Å². The summed E-state index contributed by atoms with van der Waals surface area (Å²) < 4.78 is 0. The highest BCUT2D eigenvalue weighted by Gasteiger charge is 2.40. The first kappa shape index (κ1) is 13.2. The summed E-state index contributed by atoms with van der Waals surface area (Å²) in [6.07, 6.45) is 0.590. The van der Waals surface area contributed by atoms with Crippen LogP contribution in [0.5, 0.6) is 0 Å². The number of nitrogens with zero attached hydrogens (tertiary/aromatic N) is 1. The smallest absolute Gasteiger partial charge is 0.321 e. The van der Waals surface area contributed by atoms with E-state index in [9.17, 15) is 9.59 Å². The second-order valence-corrected chi connectivity index (χ2v) is 5.15. The predicted molar refractivity (Wildman–Crippen MR) is 73.4 cm³/mol. The third kappa shape index (κ3) is 2.78. The van der Waals surface area contributed by atoms with Gasteiger partial charge >= 0.3 is 6.03 Å². The van der Waals surface area contributed by atoms with Crippen LogP contribution < -0.4 is 16.8 Å². The average Bonchev–Trinajstić information content (AvgIpc) is 2.73. The number of urea groups is 1. The summed E-state index contributed by atoms with van der Waals surface area (Å²) in [5, 5.41) is 2.76. The minimum Gasteiger partial charge on any atom is -0.399 e. The molecular weight excluding hydrogens is 244 g/mol. The van der Waals surface area contributed by atoms with E-state index >= 15 is 0 Å². The van der Waals surface area contributed by atoms with E-state index in [4.69, 9.17) is 11.5 Å².